The predicted octanol–water partition coefficient (Wildman–Crippen LogP) is 5.79. The van der Waals surface area contributed by atoms with Gasteiger partial charge in [0.2, 0.25) is 0 Å². The van der Waals surface area contributed by atoms with Crippen molar-refractivity contribution in [3.8, 4) is 0 Å². The van der Waals surface area contributed by atoms with Gasteiger partial charge in [-0.05, 0) is 70.9 Å². The number of amidine groups is 1. The van der Waals surface area contributed by atoms with Crippen LogP contribution in [0.15, 0.2) is 48.5 Å². The molecule has 1 N–H and O–H groups in total. The molecule has 1 fully saturated rings. The first kappa shape index (κ1) is 21.3. The summed E-state index contributed by atoms with van der Waals surface area (Å²) in [4.78, 5) is 2.29. The van der Waals surface area contributed by atoms with Crippen LogP contribution in [0.2, 0.25) is 0 Å². The number of nitrogens with one attached hydrogen (secondary N) is 1. The number of nitrogens with zero attached hydrogens (tertiary/aromatic N) is 3. The highest BCUT2D eigenvalue weighted by Gasteiger charge is 2.33. The molecule has 168 valence electrons. The van der Waals surface area contributed by atoms with Crippen LogP contribution in [0.1, 0.15) is 36.5 Å². The SMILES string of the molecule is CC[C@H]1COCC[C@@H]1N1C=Ic2c(cc(Cc3ccc4snnc4c3)c3ccccc23)C1=N. The van der Waals surface area contributed by atoms with Crippen molar-refractivity contribution in [2.24, 2.45) is 5.92 Å². The highest BCUT2D eigenvalue weighted by Crippen LogP contribution is 2.36. The third kappa shape index (κ3) is 3.80. The molecule has 7 heteroatoms. The lowest BCUT2D eigenvalue weighted by atomic mass is 9.91. The second-order valence-electron chi connectivity index (χ2n) is 8.76. The second kappa shape index (κ2) is 8.85. The fourth-order valence-electron chi connectivity index (χ4n) is 5.08. The molecule has 0 radical (unpaired) electrons. The van der Waals surface area contributed by atoms with Gasteiger partial charge in [0.25, 0.3) is 0 Å². The van der Waals surface area contributed by atoms with Crippen molar-refractivity contribution in [3.63, 3.8) is 0 Å². The standard InChI is InChI=1S/C26H25IN4OS/c1-2-17-14-32-10-9-23(17)31-15-27-25-20-6-4-3-5-19(20)18(13-21(25)26(31)28)11-16-7-8-24-22(12-16)29-30-33-24/h3-8,12-13,15,17,23,28H,2,9-11,14H2,1H3/t17-,23-/m0/s1. The Labute approximate surface area is 207 Å². The van der Waals surface area contributed by atoms with Crippen LogP contribution < -0.4 is 0 Å². The Morgan fingerprint density at radius 3 is 2.94 bits per heavy atom. The van der Waals surface area contributed by atoms with Gasteiger partial charge in [-0.1, -0.05) is 62.5 Å². The van der Waals surface area contributed by atoms with Gasteiger partial charge in [0.05, 0.1) is 11.3 Å². The molecule has 33 heavy (non-hydrogen) atoms. The van der Waals surface area contributed by atoms with Crippen molar-refractivity contribution in [3.05, 3.63) is 68.8 Å². The lowest BCUT2D eigenvalue weighted by Crippen LogP contribution is -2.48. The third-order valence-corrected chi connectivity index (χ3v) is 10.2. The number of fused-ring (bicyclic) bond motifs is 4. The molecule has 0 amide bonds. The molecular formula is C26H25IN4OS. The van der Waals surface area contributed by atoms with Gasteiger partial charge in [-0.3, -0.25) is 5.41 Å². The number of hydrogen-bond donors (Lipinski definition) is 1. The number of halogens is 1. The largest absolute Gasteiger partial charge is 0.381 e. The summed E-state index contributed by atoms with van der Waals surface area (Å²) in [5.74, 6) is 1.15. The van der Waals surface area contributed by atoms with Gasteiger partial charge in [-0.15, -0.1) is 5.10 Å². The summed E-state index contributed by atoms with van der Waals surface area (Å²) in [5, 5.41) is 16.1. The van der Waals surface area contributed by atoms with Crippen molar-refractivity contribution >= 4 is 63.2 Å². The van der Waals surface area contributed by atoms with E-state index in [2.05, 4.69) is 74.1 Å². The van der Waals surface area contributed by atoms with E-state index in [4.69, 9.17) is 4.74 Å². The lowest BCUT2D eigenvalue weighted by molar-refractivity contribution is 0.0197. The molecule has 0 unspecified atom stereocenters. The van der Waals surface area contributed by atoms with E-state index < -0.39 is 0 Å². The average Bonchev–Trinajstić information content (AvgIpc) is 3.33. The zero-order valence-corrected chi connectivity index (χ0v) is 21.4. The van der Waals surface area contributed by atoms with E-state index in [0.29, 0.717) is 17.8 Å². The first-order valence-electron chi connectivity index (χ1n) is 11.4. The highest BCUT2D eigenvalue weighted by atomic mass is 127. The Kier molecular flexibility index (Phi) is 5.72. The summed E-state index contributed by atoms with van der Waals surface area (Å²) in [6.45, 7) is 3.84. The minimum Gasteiger partial charge on any atom is -0.381 e. The van der Waals surface area contributed by atoms with Crippen LogP contribution in [0.5, 0.6) is 0 Å². The van der Waals surface area contributed by atoms with E-state index in [1.54, 1.807) is 0 Å². The van der Waals surface area contributed by atoms with Crippen molar-refractivity contribution < 1.29 is 4.74 Å². The maximum Gasteiger partial charge on any atom is 0.133 e. The van der Waals surface area contributed by atoms with Gasteiger partial charge < -0.3 is 9.64 Å². The van der Waals surface area contributed by atoms with Crippen LogP contribution in [-0.4, -0.2) is 43.7 Å². The molecule has 1 aromatic heterocycles. The van der Waals surface area contributed by atoms with Crippen LogP contribution in [0.25, 0.3) is 21.0 Å². The molecule has 5 nitrogen and oxygen atoms in total. The molecule has 2 atom stereocenters. The van der Waals surface area contributed by atoms with E-state index >= 15 is 0 Å². The average molecular weight is 568 g/mol. The van der Waals surface area contributed by atoms with Gasteiger partial charge in [0.15, 0.2) is 0 Å². The molecule has 0 spiro atoms. The molecule has 3 heterocycles. The number of aromatic nitrogens is 2. The molecular weight excluding hydrogens is 543 g/mol. The summed E-state index contributed by atoms with van der Waals surface area (Å²) < 4.78 is 14.7. The molecule has 4 aromatic rings. The van der Waals surface area contributed by atoms with Crippen molar-refractivity contribution in [1.82, 2.24) is 14.5 Å². The molecule has 2 aliphatic heterocycles. The first-order valence-corrected chi connectivity index (χ1v) is 14.5. The van der Waals surface area contributed by atoms with Gasteiger partial charge in [-0.2, -0.15) is 0 Å². The Morgan fingerprint density at radius 2 is 2.06 bits per heavy atom. The van der Waals surface area contributed by atoms with E-state index in [9.17, 15) is 5.41 Å². The van der Waals surface area contributed by atoms with E-state index in [0.717, 1.165) is 48.3 Å². The van der Waals surface area contributed by atoms with Crippen LogP contribution in [0.4, 0.5) is 0 Å². The van der Waals surface area contributed by atoms with E-state index in [1.807, 2.05) is 0 Å². The highest BCUT2D eigenvalue weighted by molar-refractivity contribution is 14.2. The molecule has 3 aromatic carbocycles. The smallest absolute Gasteiger partial charge is 0.133 e. The maximum atomic E-state index is 9.22. The second-order valence-corrected chi connectivity index (χ2v) is 11.8. The summed E-state index contributed by atoms with van der Waals surface area (Å²) >= 11 is 1.12. The molecule has 1 saturated heterocycles. The Bertz CT molecular complexity index is 1400. The van der Waals surface area contributed by atoms with Crippen LogP contribution >= 0.6 is 32.3 Å². The summed E-state index contributed by atoms with van der Waals surface area (Å²) in [5.41, 5.74) is 4.60. The number of benzene rings is 3. The van der Waals surface area contributed by atoms with E-state index in [1.165, 1.54) is 37.0 Å². The van der Waals surface area contributed by atoms with Crippen LogP contribution in [0.3, 0.4) is 0 Å². The Balaban J connectivity index is 1.43. The summed E-state index contributed by atoms with van der Waals surface area (Å²) in [7, 11) is 0. The number of ether oxygens (including phenoxy) is 1. The first-order chi connectivity index (χ1) is 16.2. The molecule has 6 rings (SSSR count). The minimum atomic E-state index is -0.315. The quantitative estimate of drug-likeness (QED) is 0.317. The van der Waals surface area contributed by atoms with Gasteiger partial charge in [-0.25, -0.2) is 0 Å². The van der Waals surface area contributed by atoms with Crippen LogP contribution in [0, 0.1) is 14.9 Å². The molecule has 2 aliphatic rings. The molecule has 0 aliphatic carbocycles. The minimum absolute atomic E-state index is 0.315. The molecule has 0 saturated carbocycles. The normalized spacial score (nSPS) is 20.8. The monoisotopic (exact) mass is 568 g/mol. The van der Waals surface area contributed by atoms with Gasteiger partial charge in [0.1, 0.15) is 11.4 Å². The topological polar surface area (TPSA) is 62.1 Å². The third-order valence-electron chi connectivity index (χ3n) is 6.86. The predicted molar refractivity (Wildman–Crippen MR) is 145 cm³/mol. The van der Waals surface area contributed by atoms with Gasteiger partial charge >= 0.3 is 0 Å². The van der Waals surface area contributed by atoms with Crippen molar-refractivity contribution in [2.45, 2.75) is 32.2 Å². The van der Waals surface area contributed by atoms with Crippen LogP contribution in [-0.2, 0) is 11.2 Å². The Morgan fingerprint density at radius 1 is 1.18 bits per heavy atom. The zero-order chi connectivity index (χ0) is 22.4. The van der Waals surface area contributed by atoms with E-state index in [-0.39, 0.29) is 20.7 Å². The van der Waals surface area contributed by atoms with Crippen molar-refractivity contribution in [2.75, 3.05) is 13.2 Å². The summed E-state index contributed by atoms with van der Waals surface area (Å²) in [6, 6.07) is 17.9. The fourth-order valence-corrected chi connectivity index (χ4v) is 8.44. The fraction of sp³-hybridized carbons (Fsp3) is 0.308. The zero-order valence-electron chi connectivity index (χ0n) is 18.4. The van der Waals surface area contributed by atoms with Crippen molar-refractivity contribution in [1.29, 1.82) is 5.41 Å². The number of hydrogen-bond acceptors (Lipinski definition) is 5. The lowest BCUT2D eigenvalue weighted by Gasteiger charge is -2.40. The summed E-state index contributed by atoms with van der Waals surface area (Å²) in [6.07, 6.45) is 2.91. The number of rotatable bonds is 4. The Hall–Kier alpha value is -2.23. The molecule has 0 bridgehead atoms. The maximum absolute atomic E-state index is 9.22. The van der Waals surface area contributed by atoms with Gasteiger partial charge in [0, 0.05) is 31.8 Å².